The zero-order chi connectivity index (χ0) is 24.0. The van der Waals surface area contributed by atoms with E-state index in [1.807, 2.05) is 24.3 Å². The summed E-state index contributed by atoms with van der Waals surface area (Å²) in [6, 6.07) is 7.06. The molecule has 3 aromatic rings. The Morgan fingerprint density at radius 3 is 2.32 bits per heavy atom. The predicted molar refractivity (Wildman–Crippen MR) is 126 cm³/mol. The lowest BCUT2D eigenvalue weighted by Gasteiger charge is -2.38. The van der Waals surface area contributed by atoms with Gasteiger partial charge in [-0.15, -0.1) is 5.10 Å². The minimum absolute atomic E-state index is 0.121. The third-order valence-corrected chi connectivity index (χ3v) is 6.28. The van der Waals surface area contributed by atoms with Crippen LogP contribution < -0.4 is 19.5 Å². The standard InChI is InChI=1S/C25H27N5O4/c1-25(2)12-16-20(17(31)13-25)21(14-6-8-26-9-7-14)30-24(27-16)28-23(29-30)15-10-18(32-3)22(34-5)19(11-15)33-4/h6-11,21H,12-13H2,1-5H3,(H,27,28,29). The Morgan fingerprint density at radius 1 is 1.03 bits per heavy atom. The Labute approximate surface area is 197 Å². The number of rotatable bonds is 5. The van der Waals surface area contributed by atoms with Gasteiger partial charge in [-0.25, -0.2) is 4.68 Å². The van der Waals surface area contributed by atoms with E-state index >= 15 is 0 Å². The molecule has 9 heteroatoms. The number of methoxy groups -OCH3 is 3. The maximum Gasteiger partial charge on any atom is 0.226 e. The van der Waals surface area contributed by atoms with E-state index in [4.69, 9.17) is 24.3 Å². The largest absolute Gasteiger partial charge is 0.493 e. The van der Waals surface area contributed by atoms with Crippen molar-refractivity contribution in [3.05, 3.63) is 53.5 Å². The minimum Gasteiger partial charge on any atom is -0.493 e. The number of nitrogens with one attached hydrogen (secondary N) is 1. The molecule has 0 radical (unpaired) electrons. The fourth-order valence-electron chi connectivity index (χ4n) is 4.80. The van der Waals surface area contributed by atoms with Gasteiger partial charge in [0.1, 0.15) is 6.04 Å². The number of Topliss-reactive ketones (excluding diaryl/α,β-unsaturated/α-hetero) is 1. The van der Waals surface area contributed by atoms with Crippen molar-refractivity contribution < 1.29 is 19.0 Å². The van der Waals surface area contributed by atoms with Gasteiger partial charge < -0.3 is 19.5 Å². The molecule has 0 saturated heterocycles. The van der Waals surface area contributed by atoms with Crippen molar-refractivity contribution in [1.29, 1.82) is 0 Å². The summed E-state index contributed by atoms with van der Waals surface area (Å²) in [5.41, 5.74) is 3.14. The lowest BCUT2D eigenvalue weighted by Crippen LogP contribution is -2.36. The second-order valence-electron chi connectivity index (χ2n) is 9.26. The van der Waals surface area contributed by atoms with Gasteiger partial charge in [-0.05, 0) is 41.7 Å². The van der Waals surface area contributed by atoms with Crippen molar-refractivity contribution >= 4 is 11.7 Å². The highest BCUT2D eigenvalue weighted by atomic mass is 16.5. The summed E-state index contributed by atoms with van der Waals surface area (Å²) in [6.45, 7) is 4.22. The van der Waals surface area contributed by atoms with Gasteiger partial charge in [0.15, 0.2) is 23.1 Å². The molecule has 1 aromatic carbocycles. The van der Waals surface area contributed by atoms with E-state index in [2.05, 4.69) is 24.1 Å². The second-order valence-corrected chi connectivity index (χ2v) is 9.26. The SMILES string of the molecule is COc1cc(-c2nc3n(n2)C(c2ccncc2)C2=C(CC(C)(C)CC2=O)N3)cc(OC)c1OC. The highest BCUT2D eigenvalue weighted by Gasteiger charge is 2.42. The highest BCUT2D eigenvalue weighted by Crippen LogP contribution is 2.46. The lowest BCUT2D eigenvalue weighted by molar-refractivity contribution is -0.118. The van der Waals surface area contributed by atoms with E-state index in [-0.39, 0.29) is 17.2 Å². The van der Waals surface area contributed by atoms with Crippen molar-refractivity contribution in [2.75, 3.05) is 26.6 Å². The Bertz CT molecular complexity index is 1270. The number of pyridine rings is 1. The van der Waals surface area contributed by atoms with Crippen LogP contribution in [0.2, 0.25) is 0 Å². The number of nitrogens with zero attached hydrogens (tertiary/aromatic N) is 4. The summed E-state index contributed by atoms with van der Waals surface area (Å²) in [4.78, 5) is 22.3. The van der Waals surface area contributed by atoms with Crippen molar-refractivity contribution in [2.24, 2.45) is 5.41 Å². The van der Waals surface area contributed by atoms with Crippen LogP contribution in [0, 0.1) is 5.41 Å². The summed E-state index contributed by atoms with van der Waals surface area (Å²) in [7, 11) is 4.70. The smallest absolute Gasteiger partial charge is 0.226 e. The van der Waals surface area contributed by atoms with E-state index in [0.29, 0.717) is 41.0 Å². The van der Waals surface area contributed by atoms with Crippen molar-refractivity contribution in [1.82, 2.24) is 19.7 Å². The van der Waals surface area contributed by atoms with Gasteiger partial charge in [0, 0.05) is 35.6 Å². The van der Waals surface area contributed by atoms with Gasteiger partial charge in [0.2, 0.25) is 11.7 Å². The van der Waals surface area contributed by atoms with Crippen LogP contribution in [-0.2, 0) is 4.79 Å². The van der Waals surface area contributed by atoms with Crippen LogP contribution in [0.5, 0.6) is 17.2 Å². The van der Waals surface area contributed by atoms with Crippen LogP contribution in [0.25, 0.3) is 11.4 Å². The van der Waals surface area contributed by atoms with E-state index in [9.17, 15) is 4.79 Å². The first-order chi connectivity index (χ1) is 16.3. The maximum atomic E-state index is 13.3. The minimum atomic E-state index is -0.388. The predicted octanol–water partition coefficient (Wildman–Crippen LogP) is 4.02. The number of fused-ring (bicyclic) bond motifs is 1. The van der Waals surface area contributed by atoms with E-state index in [1.54, 1.807) is 38.4 Å². The zero-order valence-corrected chi connectivity index (χ0v) is 19.9. The molecule has 34 heavy (non-hydrogen) atoms. The number of aromatic nitrogens is 4. The van der Waals surface area contributed by atoms with Crippen LogP contribution in [-0.4, -0.2) is 46.9 Å². The number of carbonyl (C=O) groups is 1. The van der Waals surface area contributed by atoms with Gasteiger partial charge in [0.25, 0.3) is 0 Å². The van der Waals surface area contributed by atoms with Gasteiger partial charge in [-0.3, -0.25) is 9.78 Å². The molecular formula is C25H27N5O4. The number of benzene rings is 1. The molecule has 1 atom stereocenters. The Kier molecular flexibility index (Phi) is 5.27. The molecule has 3 heterocycles. The summed E-state index contributed by atoms with van der Waals surface area (Å²) in [5.74, 6) is 2.70. The summed E-state index contributed by atoms with van der Waals surface area (Å²) >= 11 is 0. The first-order valence-corrected chi connectivity index (χ1v) is 11.1. The molecule has 1 aliphatic heterocycles. The third kappa shape index (κ3) is 3.57. The van der Waals surface area contributed by atoms with Crippen LogP contribution in [0.4, 0.5) is 5.95 Å². The topological polar surface area (TPSA) is 100 Å². The zero-order valence-electron chi connectivity index (χ0n) is 19.9. The van der Waals surface area contributed by atoms with Crippen LogP contribution >= 0.6 is 0 Å². The number of carbonyl (C=O) groups excluding carboxylic acids is 1. The van der Waals surface area contributed by atoms with Crippen LogP contribution in [0.1, 0.15) is 38.3 Å². The first kappa shape index (κ1) is 21.9. The lowest BCUT2D eigenvalue weighted by atomic mass is 9.73. The number of allylic oxidation sites excluding steroid dienone is 2. The number of ketones is 1. The van der Waals surface area contributed by atoms with E-state index < -0.39 is 0 Å². The number of hydrogen-bond donors (Lipinski definition) is 1. The monoisotopic (exact) mass is 461 g/mol. The van der Waals surface area contributed by atoms with E-state index in [1.165, 1.54) is 0 Å². The molecule has 0 saturated carbocycles. The maximum absolute atomic E-state index is 13.3. The van der Waals surface area contributed by atoms with Crippen molar-refractivity contribution in [3.8, 4) is 28.6 Å². The normalized spacial score (nSPS) is 18.6. The van der Waals surface area contributed by atoms with Crippen LogP contribution in [0.3, 0.4) is 0 Å². The summed E-state index contributed by atoms with van der Waals surface area (Å²) in [6.07, 6.45) is 4.69. The fraction of sp³-hybridized carbons (Fsp3) is 0.360. The van der Waals surface area contributed by atoms with Gasteiger partial charge >= 0.3 is 0 Å². The van der Waals surface area contributed by atoms with Crippen molar-refractivity contribution in [3.63, 3.8) is 0 Å². The van der Waals surface area contributed by atoms with Gasteiger partial charge in [0.05, 0.1) is 21.3 Å². The Hall–Kier alpha value is -3.88. The Balaban J connectivity index is 1.67. The molecular weight excluding hydrogens is 434 g/mol. The number of anilines is 1. The molecule has 9 nitrogen and oxygen atoms in total. The molecule has 5 rings (SSSR count). The average molecular weight is 462 g/mol. The number of hydrogen-bond acceptors (Lipinski definition) is 8. The fourth-order valence-corrected chi connectivity index (χ4v) is 4.80. The highest BCUT2D eigenvalue weighted by molar-refractivity contribution is 6.00. The Morgan fingerprint density at radius 2 is 1.71 bits per heavy atom. The molecule has 0 amide bonds. The van der Waals surface area contributed by atoms with Gasteiger partial charge in [-0.1, -0.05) is 13.8 Å². The first-order valence-electron chi connectivity index (χ1n) is 11.1. The molecule has 1 unspecified atom stereocenters. The van der Waals surface area contributed by atoms with E-state index in [0.717, 1.165) is 23.3 Å². The molecule has 176 valence electrons. The summed E-state index contributed by atoms with van der Waals surface area (Å²) < 4.78 is 18.2. The third-order valence-electron chi connectivity index (χ3n) is 6.28. The second kappa shape index (κ2) is 8.16. The molecule has 2 aromatic heterocycles. The molecule has 2 aliphatic rings. The van der Waals surface area contributed by atoms with Crippen LogP contribution in [0.15, 0.2) is 47.9 Å². The molecule has 1 aliphatic carbocycles. The molecule has 1 N–H and O–H groups in total. The molecule has 0 spiro atoms. The molecule has 0 fully saturated rings. The van der Waals surface area contributed by atoms with Crippen molar-refractivity contribution in [2.45, 2.75) is 32.7 Å². The molecule has 0 bridgehead atoms. The summed E-state index contributed by atoms with van der Waals surface area (Å²) in [5, 5.41) is 8.23. The average Bonchev–Trinajstić information content (AvgIpc) is 3.25. The quantitative estimate of drug-likeness (QED) is 0.608. The van der Waals surface area contributed by atoms with Gasteiger partial charge in [-0.2, -0.15) is 4.98 Å². The number of ether oxygens (including phenoxy) is 3.